The second-order valence-electron chi connectivity index (χ2n) is 6.13. The quantitative estimate of drug-likeness (QED) is 0.916. The first-order chi connectivity index (χ1) is 9.89. The van der Waals surface area contributed by atoms with Crippen LogP contribution in [0.5, 0.6) is 5.75 Å². The smallest absolute Gasteiger partial charge is 0.162 e. The van der Waals surface area contributed by atoms with E-state index in [0.717, 1.165) is 11.3 Å². The molecule has 0 saturated heterocycles. The number of aliphatic hydroxyl groups is 1. The molecule has 4 heteroatoms. The molecule has 1 aromatic heterocycles. The molecule has 0 bridgehead atoms. The number of benzene rings is 1. The van der Waals surface area contributed by atoms with E-state index in [-0.39, 0.29) is 6.04 Å². The van der Waals surface area contributed by atoms with Crippen LogP contribution in [0.1, 0.15) is 51.1 Å². The third-order valence-electron chi connectivity index (χ3n) is 3.97. The Balaban J connectivity index is 2.48. The van der Waals surface area contributed by atoms with Crippen LogP contribution in [0.3, 0.4) is 0 Å². The lowest BCUT2D eigenvalue weighted by atomic mass is 9.78. The first-order valence-electron chi connectivity index (χ1n) is 7.24. The molecule has 0 aliphatic heterocycles. The standard InChI is InChI=1S/C17H24N2O2/c1-12(2)19-15(14(21-5)11-18-19)16(20)17(3,4)13-9-7-6-8-10-13/h6-12,16,20H,1-5H3. The Morgan fingerprint density at radius 3 is 2.33 bits per heavy atom. The minimum Gasteiger partial charge on any atom is -0.493 e. The number of hydrogen-bond donors (Lipinski definition) is 1. The summed E-state index contributed by atoms with van der Waals surface area (Å²) in [6.07, 6.45) is 0.958. The third kappa shape index (κ3) is 2.81. The Labute approximate surface area is 126 Å². The van der Waals surface area contributed by atoms with Crippen molar-refractivity contribution < 1.29 is 9.84 Å². The zero-order valence-electron chi connectivity index (χ0n) is 13.4. The fraction of sp³-hybridized carbons (Fsp3) is 0.471. The van der Waals surface area contributed by atoms with Crippen LogP contribution in [0.25, 0.3) is 0 Å². The van der Waals surface area contributed by atoms with Gasteiger partial charge in [-0.2, -0.15) is 5.10 Å². The highest BCUT2D eigenvalue weighted by atomic mass is 16.5. The van der Waals surface area contributed by atoms with Gasteiger partial charge < -0.3 is 9.84 Å². The molecule has 0 fully saturated rings. The van der Waals surface area contributed by atoms with Crippen LogP contribution >= 0.6 is 0 Å². The average molecular weight is 288 g/mol. The van der Waals surface area contributed by atoms with Crippen molar-refractivity contribution in [1.82, 2.24) is 9.78 Å². The minimum atomic E-state index is -0.709. The van der Waals surface area contributed by atoms with Crippen molar-refractivity contribution in [3.8, 4) is 5.75 Å². The number of aliphatic hydroxyl groups excluding tert-OH is 1. The summed E-state index contributed by atoms with van der Waals surface area (Å²) in [6, 6.07) is 10.2. The van der Waals surface area contributed by atoms with E-state index in [2.05, 4.69) is 5.10 Å². The van der Waals surface area contributed by atoms with Gasteiger partial charge in [0.25, 0.3) is 0 Å². The van der Waals surface area contributed by atoms with E-state index in [4.69, 9.17) is 4.74 Å². The highest BCUT2D eigenvalue weighted by Gasteiger charge is 2.36. The fourth-order valence-corrected chi connectivity index (χ4v) is 2.55. The average Bonchev–Trinajstić information content (AvgIpc) is 2.91. The Hall–Kier alpha value is -1.81. The lowest BCUT2D eigenvalue weighted by Crippen LogP contribution is -2.29. The summed E-state index contributed by atoms with van der Waals surface area (Å²) >= 11 is 0. The van der Waals surface area contributed by atoms with Gasteiger partial charge in [0.05, 0.1) is 13.3 Å². The zero-order chi connectivity index (χ0) is 15.6. The van der Waals surface area contributed by atoms with Crippen molar-refractivity contribution >= 4 is 0 Å². The molecule has 0 radical (unpaired) electrons. The Kier molecular flexibility index (Phi) is 4.37. The molecule has 2 rings (SSSR count). The molecule has 4 nitrogen and oxygen atoms in total. The highest BCUT2D eigenvalue weighted by Crippen LogP contribution is 2.40. The summed E-state index contributed by atoms with van der Waals surface area (Å²) in [6.45, 7) is 8.14. The molecule has 114 valence electrons. The van der Waals surface area contributed by atoms with Gasteiger partial charge in [-0.15, -0.1) is 0 Å². The van der Waals surface area contributed by atoms with Crippen LogP contribution in [-0.4, -0.2) is 22.0 Å². The van der Waals surface area contributed by atoms with Crippen molar-refractivity contribution in [2.45, 2.75) is 45.3 Å². The van der Waals surface area contributed by atoms with Crippen LogP contribution in [0, 0.1) is 0 Å². The first-order valence-corrected chi connectivity index (χ1v) is 7.24. The number of hydrogen-bond acceptors (Lipinski definition) is 3. The molecule has 1 aromatic carbocycles. The number of rotatable bonds is 5. The summed E-state index contributed by atoms with van der Waals surface area (Å²) in [5.41, 5.74) is 1.36. The molecular weight excluding hydrogens is 264 g/mol. The van der Waals surface area contributed by atoms with E-state index >= 15 is 0 Å². The topological polar surface area (TPSA) is 47.3 Å². The van der Waals surface area contributed by atoms with Gasteiger partial charge in [0.15, 0.2) is 5.75 Å². The summed E-state index contributed by atoms with van der Waals surface area (Å²) in [5, 5.41) is 15.3. The van der Waals surface area contributed by atoms with E-state index in [1.807, 2.05) is 62.7 Å². The second-order valence-corrected chi connectivity index (χ2v) is 6.13. The van der Waals surface area contributed by atoms with E-state index in [9.17, 15) is 5.11 Å². The molecule has 21 heavy (non-hydrogen) atoms. The minimum absolute atomic E-state index is 0.158. The number of aromatic nitrogens is 2. The molecule has 1 atom stereocenters. The lowest BCUT2D eigenvalue weighted by Gasteiger charge is -2.32. The zero-order valence-corrected chi connectivity index (χ0v) is 13.4. The molecule has 0 amide bonds. The number of nitrogens with zero attached hydrogens (tertiary/aromatic N) is 2. The molecule has 1 N–H and O–H groups in total. The van der Waals surface area contributed by atoms with Crippen molar-refractivity contribution in [2.24, 2.45) is 0 Å². The summed E-state index contributed by atoms with van der Waals surface area (Å²) in [7, 11) is 1.60. The maximum Gasteiger partial charge on any atom is 0.162 e. The van der Waals surface area contributed by atoms with E-state index in [0.29, 0.717) is 5.75 Å². The molecule has 0 aliphatic carbocycles. The Bertz CT molecular complexity index is 588. The Morgan fingerprint density at radius 1 is 1.19 bits per heavy atom. The van der Waals surface area contributed by atoms with Crippen molar-refractivity contribution in [1.29, 1.82) is 0 Å². The van der Waals surface area contributed by atoms with Gasteiger partial charge in [0.1, 0.15) is 11.8 Å². The second kappa shape index (κ2) is 5.90. The van der Waals surface area contributed by atoms with Crippen LogP contribution in [-0.2, 0) is 5.41 Å². The Morgan fingerprint density at radius 2 is 1.81 bits per heavy atom. The van der Waals surface area contributed by atoms with E-state index in [1.54, 1.807) is 13.3 Å². The fourth-order valence-electron chi connectivity index (χ4n) is 2.55. The molecule has 2 aromatic rings. The first kappa shape index (κ1) is 15.6. The summed E-state index contributed by atoms with van der Waals surface area (Å²) in [5.74, 6) is 0.625. The van der Waals surface area contributed by atoms with Gasteiger partial charge in [-0.3, -0.25) is 4.68 Å². The molecule has 0 spiro atoms. The molecular formula is C17H24N2O2. The number of ether oxygens (including phenoxy) is 1. The summed E-state index contributed by atoms with van der Waals surface area (Å²) < 4.78 is 7.21. The highest BCUT2D eigenvalue weighted by molar-refractivity contribution is 5.34. The normalized spacial score (nSPS) is 13.5. The van der Waals surface area contributed by atoms with Crippen LogP contribution < -0.4 is 4.74 Å². The predicted octanol–water partition coefficient (Wildman–Crippen LogP) is 3.48. The molecule has 1 unspecified atom stereocenters. The van der Waals surface area contributed by atoms with Crippen LogP contribution in [0.2, 0.25) is 0 Å². The molecule has 0 aliphatic rings. The van der Waals surface area contributed by atoms with Crippen LogP contribution in [0.4, 0.5) is 0 Å². The van der Waals surface area contributed by atoms with E-state index in [1.165, 1.54) is 0 Å². The summed E-state index contributed by atoms with van der Waals surface area (Å²) in [4.78, 5) is 0. The molecule has 0 saturated carbocycles. The van der Waals surface area contributed by atoms with Crippen molar-refractivity contribution in [3.63, 3.8) is 0 Å². The predicted molar refractivity (Wildman–Crippen MR) is 83.6 cm³/mol. The van der Waals surface area contributed by atoms with Gasteiger partial charge in [-0.05, 0) is 19.4 Å². The van der Waals surface area contributed by atoms with Gasteiger partial charge >= 0.3 is 0 Å². The largest absolute Gasteiger partial charge is 0.493 e. The van der Waals surface area contributed by atoms with Gasteiger partial charge in [0.2, 0.25) is 0 Å². The third-order valence-corrected chi connectivity index (χ3v) is 3.97. The van der Waals surface area contributed by atoms with Gasteiger partial charge in [0, 0.05) is 11.5 Å². The lowest BCUT2D eigenvalue weighted by molar-refractivity contribution is 0.0870. The maximum atomic E-state index is 11.0. The maximum absolute atomic E-state index is 11.0. The monoisotopic (exact) mass is 288 g/mol. The van der Waals surface area contributed by atoms with Crippen LogP contribution in [0.15, 0.2) is 36.5 Å². The molecule has 1 heterocycles. The van der Waals surface area contributed by atoms with Gasteiger partial charge in [-0.1, -0.05) is 44.2 Å². The SMILES string of the molecule is COc1cnn(C(C)C)c1C(O)C(C)(C)c1ccccc1. The number of methoxy groups -OCH3 is 1. The van der Waals surface area contributed by atoms with E-state index < -0.39 is 11.5 Å². The van der Waals surface area contributed by atoms with Crippen molar-refractivity contribution in [2.75, 3.05) is 7.11 Å². The van der Waals surface area contributed by atoms with Crippen molar-refractivity contribution in [3.05, 3.63) is 47.8 Å². The van der Waals surface area contributed by atoms with Gasteiger partial charge in [-0.25, -0.2) is 0 Å².